The second-order valence-electron chi connectivity index (χ2n) is 10.5. The maximum absolute atomic E-state index is 13.4. The number of aryl methyl sites for hydroxylation is 2. The lowest BCUT2D eigenvalue weighted by molar-refractivity contribution is -0.129. The number of benzene rings is 3. The van der Waals surface area contributed by atoms with Crippen molar-refractivity contribution in [3.8, 4) is 17.2 Å². The molecule has 0 aliphatic rings. The molecule has 0 bridgehead atoms. The number of hydrogen-bond acceptors (Lipinski definition) is 4. The first kappa shape index (κ1) is 26.2. The summed E-state index contributed by atoms with van der Waals surface area (Å²) in [6, 6.07) is 15.7. The Kier molecular flexibility index (Phi) is 7.25. The predicted octanol–water partition coefficient (Wildman–Crippen LogP) is 6.46. The van der Waals surface area contributed by atoms with Crippen molar-refractivity contribution < 1.29 is 18.7 Å². The van der Waals surface area contributed by atoms with Crippen LogP contribution in [0.1, 0.15) is 50.5 Å². The lowest BCUT2D eigenvalue weighted by Gasteiger charge is -2.30. The third kappa shape index (κ3) is 5.61. The van der Waals surface area contributed by atoms with Gasteiger partial charge in [0.15, 0.2) is 0 Å². The molecule has 4 rings (SSSR count). The van der Waals surface area contributed by atoms with Crippen molar-refractivity contribution in [3.05, 3.63) is 83.3 Å². The van der Waals surface area contributed by atoms with Crippen LogP contribution < -0.4 is 14.8 Å². The molecule has 4 aromatic rings. The molecule has 1 heterocycles. The van der Waals surface area contributed by atoms with Crippen LogP contribution in [0.15, 0.2) is 60.8 Å². The smallest absolute Gasteiger partial charge is 0.225 e. The Balaban J connectivity index is 1.69. The van der Waals surface area contributed by atoms with Crippen LogP contribution in [0.25, 0.3) is 16.6 Å². The van der Waals surface area contributed by atoms with Gasteiger partial charge in [-0.15, -0.1) is 0 Å². The average molecular weight is 504 g/mol. The highest BCUT2D eigenvalue weighted by atomic mass is 19.1. The number of fused-ring (bicyclic) bond motifs is 1. The first-order valence-corrected chi connectivity index (χ1v) is 12.3. The molecule has 7 heteroatoms. The van der Waals surface area contributed by atoms with Gasteiger partial charge in [-0.1, -0.05) is 20.8 Å². The van der Waals surface area contributed by atoms with Crippen LogP contribution in [-0.2, 0) is 4.79 Å². The average Bonchev–Trinajstić information content (AvgIpc) is 3.25. The molecule has 194 valence electrons. The van der Waals surface area contributed by atoms with Gasteiger partial charge in [-0.25, -0.2) is 9.07 Å². The van der Waals surface area contributed by atoms with Crippen LogP contribution >= 0.6 is 0 Å². The molecular formula is C30H34FN3O3. The minimum absolute atomic E-state index is 0.0495. The summed E-state index contributed by atoms with van der Waals surface area (Å²) < 4.78 is 27.2. The highest BCUT2D eigenvalue weighted by Crippen LogP contribution is 2.33. The number of hydrogen-bond donors (Lipinski definition) is 1. The minimum Gasteiger partial charge on any atom is -0.496 e. The Hall–Kier alpha value is -3.87. The lowest BCUT2D eigenvalue weighted by atomic mass is 9.93. The number of methoxy groups -OCH3 is 1. The van der Waals surface area contributed by atoms with Gasteiger partial charge in [0.2, 0.25) is 5.91 Å². The Morgan fingerprint density at radius 1 is 1.03 bits per heavy atom. The fourth-order valence-corrected chi connectivity index (χ4v) is 4.45. The fourth-order valence-electron chi connectivity index (χ4n) is 4.45. The van der Waals surface area contributed by atoms with E-state index >= 15 is 0 Å². The second kappa shape index (κ2) is 10.2. The molecule has 0 saturated heterocycles. The highest BCUT2D eigenvalue weighted by Gasteiger charge is 2.29. The lowest BCUT2D eigenvalue weighted by Crippen LogP contribution is -2.44. The molecule has 6 nitrogen and oxygen atoms in total. The number of amides is 1. The zero-order valence-corrected chi connectivity index (χ0v) is 22.4. The van der Waals surface area contributed by atoms with E-state index in [1.165, 1.54) is 12.1 Å². The van der Waals surface area contributed by atoms with Gasteiger partial charge >= 0.3 is 0 Å². The van der Waals surface area contributed by atoms with Crippen LogP contribution in [-0.4, -0.2) is 28.8 Å². The first-order chi connectivity index (χ1) is 17.5. The van der Waals surface area contributed by atoms with Gasteiger partial charge in [0.1, 0.15) is 23.4 Å². The van der Waals surface area contributed by atoms with Gasteiger partial charge < -0.3 is 14.8 Å². The van der Waals surface area contributed by atoms with Gasteiger partial charge in [-0.05, 0) is 92.1 Å². The molecule has 1 N–H and O–H groups in total. The Labute approximate surface area is 217 Å². The Morgan fingerprint density at radius 3 is 2.27 bits per heavy atom. The zero-order valence-electron chi connectivity index (χ0n) is 22.4. The topological polar surface area (TPSA) is 65.4 Å². The maximum Gasteiger partial charge on any atom is 0.225 e. The molecule has 0 unspecified atom stereocenters. The first-order valence-electron chi connectivity index (χ1n) is 12.3. The number of nitrogens with one attached hydrogen (secondary N) is 1. The van der Waals surface area contributed by atoms with E-state index in [1.807, 2.05) is 71.9 Å². The predicted molar refractivity (Wildman–Crippen MR) is 144 cm³/mol. The van der Waals surface area contributed by atoms with E-state index in [0.29, 0.717) is 5.75 Å². The second-order valence-corrected chi connectivity index (χ2v) is 10.5. The summed E-state index contributed by atoms with van der Waals surface area (Å²) in [5.41, 5.74) is 4.05. The summed E-state index contributed by atoms with van der Waals surface area (Å²) in [5.74, 6) is 1.15. The summed E-state index contributed by atoms with van der Waals surface area (Å²) in [7, 11) is 1.66. The SMILES string of the molecule is COc1c(C)cc([C@H](Oc2ccc3c(cnn3-c3ccc(F)cc3)c2)[C@H](C)NC(=O)C(C)(C)C)cc1C. The number of ether oxygens (including phenoxy) is 2. The molecule has 0 saturated carbocycles. The quantitative estimate of drug-likeness (QED) is 0.314. The molecule has 1 aromatic heterocycles. The number of halogens is 1. The Morgan fingerprint density at radius 2 is 1.68 bits per heavy atom. The number of rotatable bonds is 7. The van der Waals surface area contributed by atoms with Crippen molar-refractivity contribution in [2.45, 2.75) is 53.7 Å². The van der Waals surface area contributed by atoms with Crippen LogP contribution in [0.4, 0.5) is 4.39 Å². The van der Waals surface area contributed by atoms with E-state index in [9.17, 15) is 9.18 Å². The summed E-state index contributed by atoms with van der Waals surface area (Å²) >= 11 is 0. The highest BCUT2D eigenvalue weighted by molar-refractivity contribution is 5.82. The van der Waals surface area contributed by atoms with Gasteiger partial charge in [-0.3, -0.25) is 4.79 Å². The van der Waals surface area contributed by atoms with Crippen molar-refractivity contribution in [2.24, 2.45) is 5.41 Å². The van der Waals surface area contributed by atoms with E-state index in [0.717, 1.165) is 39.0 Å². The Bertz CT molecular complexity index is 1400. The van der Waals surface area contributed by atoms with Crippen molar-refractivity contribution in [2.75, 3.05) is 7.11 Å². The zero-order chi connectivity index (χ0) is 26.9. The van der Waals surface area contributed by atoms with E-state index < -0.39 is 11.5 Å². The van der Waals surface area contributed by atoms with Gasteiger partial charge in [-0.2, -0.15) is 5.10 Å². The molecule has 0 fully saturated rings. The molecule has 1 amide bonds. The van der Waals surface area contributed by atoms with E-state index in [2.05, 4.69) is 10.4 Å². The molecule has 0 aliphatic carbocycles. The van der Waals surface area contributed by atoms with Crippen LogP contribution in [0.2, 0.25) is 0 Å². The number of carbonyl (C=O) groups is 1. The summed E-state index contributed by atoms with van der Waals surface area (Å²) in [6.45, 7) is 11.6. The normalized spacial score (nSPS) is 13.3. The van der Waals surface area contributed by atoms with Crippen LogP contribution in [0.3, 0.4) is 0 Å². The molecule has 37 heavy (non-hydrogen) atoms. The minimum atomic E-state index is -0.529. The van der Waals surface area contributed by atoms with E-state index in [4.69, 9.17) is 9.47 Å². The summed E-state index contributed by atoms with van der Waals surface area (Å²) in [6.07, 6.45) is 1.31. The molecule has 0 radical (unpaired) electrons. The van der Waals surface area contributed by atoms with Crippen LogP contribution in [0, 0.1) is 25.1 Å². The monoisotopic (exact) mass is 503 g/mol. The molecule has 0 aliphatic heterocycles. The molecular weight excluding hydrogens is 469 g/mol. The van der Waals surface area contributed by atoms with Gasteiger partial charge in [0.05, 0.1) is 30.6 Å². The largest absolute Gasteiger partial charge is 0.496 e. The number of nitrogens with zero attached hydrogens (tertiary/aromatic N) is 2. The summed E-state index contributed by atoms with van der Waals surface area (Å²) in [5, 5.41) is 8.50. The number of carbonyl (C=O) groups excluding carboxylic acids is 1. The summed E-state index contributed by atoms with van der Waals surface area (Å²) in [4.78, 5) is 12.8. The molecule has 3 aromatic carbocycles. The molecule has 2 atom stereocenters. The van der Waals surface area contributed by atoms with Crippen molar-refractivity contribution in [1.29, 1.82) is 0 Å². The third-order valence-electron chi connectivity index (χ3n) is 6.38. The van der Waals surface area contributed by atoms with Crippen molar-refractivity contribution in [3.63, 3.8) is 0 Å². The van der Waals surface area contributed by atoms with E-state index in [1.54, 1.807) is 30.1 Å². The van der Waals surface area contributed by atoms with Gasteiger partial charge in [0, 0.05) is 10.8 Å². The fraction of sp³-hybridized carbons (Fsp3) is 0.333. The van der Waals surface area contributed by atoms with E-state index in [-0.39, 0.29) is 17.8 Å². The third-order valence-corrected chi connectivity index (χ3v) is 6.38. The van der Waals surface area contributed by atoms with Crippen molar-refractivity contribution >= 4 is 16.8 Å². The van der Waals surface area contributed by atoms with Gasteiger partial charge in [0.25, 0.3) is 0 Å². The number of aromatic nitrogens is 2. The van der Waals surface area contributed by atoms with Crippen molar-refractivity contribution in [1.82, 2.24) is 15.1 Å². The standard InChI is InChI=1S/C30H34FN3O3/c1-18-14-21(15-19(2)27(18)36-7)28(20(3)33-29(35)30(4,5)6)37-25-12-13-26-22(16-25)17-32-34(26)24-10-8-23(31)9-11-24/h8-17,20,28H,1-7H3,(H,33,35)/t20-,28+/m0/s1. The maximum atomic E-state index is 13.4. The van der Waals surface area contributed by atoms with Crippen LogP contribution in [0.5, 0.6) is 11.5 Å². The molecule has 0 spiro atoms.